The molecule has 0 saturated heterocycles. The summed E-state index contributed by atoms with van der Waals surface area (Å²) in [6.45, 7) is 0. The molecule has 1 fully saturated rings. The van der Waals surface area contributed by atoms with Crippen molar-refractivity contribution in [1.29, 1.82) is 0 Å². The summed E-state index contributed by atoms with van der Waals surface area (Å²) in [6, 6.07) is 38.9. The Kier molecular flexibility index (Phi) is 7.11. The van der Waals surface area contributed by atoms with E-state index in [2.05, 4.69) is 10.6 Å². The van der Waals surface area contributed by atoms with Crippen LogP contribution in [-0.2, 0) is 4.79 Å². The summed E-state index contributed by atoms with van der Waals surface area (Å²) in [4.78, 5) is 32.9. The monoisotopic (exact) mass is 525 g/mol. The van der Waals surface area contributed by atoms with Gasteiger partial charge in [-0.05, 0) is 36.1 Å². The molecule has 1 aliphatic rings. The van der Waals surface area contributed by atoms with Crippen LogP contribution in [0.25, 0.3) is 22.2 Å². The number of hydrogen-bond donors (Lipinski definition) is 2. The van der Waals surface area contributed by atoms with E-state index < -0.39 is 5.54 Å². The molecular weight excluding hydrogens is 494 g/mol. The summed E-state index contributed by atoms with van der Waals surface area (Å²) in [5.74, 6) is -0.415. The summed E-state index contributed by atoms with van der Waals surface area (Å²) in [6.07, 6.45) is 2.94. The number of benzene rings is 4. The Morgan fingerprint density at radius 2 is 1.25 bits per heavy atom. The first-order valence-corrected chi connectivity index (χ1v) is 13.8. The largest absolute Gasteiger partial charge is 0.343 e. The number of carbonyl (C=O) groups excluding carboxylic acids is 2. The van der Waals surface area contributed by atoms with E-state index in [1.54, 1.807) is 0 Å². The number of amides is 2. The number of carbonyl (C=O) groups is 2. The van der Waals surface area contributed by atoms with Crippen molar-refractivity contribution < 1.29 is 9.59 Å². The number of pyridine rings is 1. The molecule has 5 aromatic rings. The third-order valence-corrected chi connectivity index (χ3v) is 7.82. The molecule has 2 amide bonds. The van der Waals surface area contributed by atoms with E-state index in [9.17, 15) is 9.59 Å². The second-order valence-electron chi connectivity index (χ2n) is 10.4. The van der Waals surface area contributed by atoms with Gasteiger partial charge >= 0.3 is 0 Å². The smallest absolute Gasteiger partial charge is 0.252 e. The van der Waals surface area contributed by atoms with Crippen LogP contribution >= 0.6 is 0 Å². The van der Waals surface area contributed by atoms with Gasteiger partial charge in [0.1, 0.15) is 5.54 Å². The zero-order valence-electron chi connectivity index (χ0n) is 22.2. The van der Waals surface area contributed by atoms with Crippen molar-refractivity contribution in [3.63, 3.8) is 0 Å². The number of nitrogens with zero attached hydrogens (tertiary/aromatic N) is 1. The maximum atomic E-state index is 14.1. The van der Waals surface area contributed by atoms with Gasteiger partial charge in [-0.2, -0.15) is 0 Å². The topological polar surface area (TPSA) is 71.1 Å². The molecule has 40 heavy (non-hydrogen) atoms. The standard InChI is InChI=1S/C35H31N3O2/c39-33(29-24-31(25-14-4-1-5-15-25)36-30-21-11-10-20-28(29)30)38-35(22-12-13-23-35)34(40)37-32(26-16-6-2-7-17-26)27-18-8-3-9-19-27/h1-11,14-21,24,32H,12-13,22-23H2,(H,37,40)(H,38,39). The first-order valence-electron chi connectivity index (χ1n) is 13.8. The minimum Gasteiger partial charge on any atom is -0.343 e. The highest BCUT2D eigenvalue weighted by Gasteiger charge is 2.43. The average Bonchev–Trinajstić information content (AvgIpc) is 3.50. The van der Waals surface area contributed by atoms with Gasteiger partial charge in [0.25, 0.3) is 5.91 Å². The fourth-order valence-corrected chi connectivity index (χ4v) is 5.71. The molecule has 4 aromatic carbocycles. The average molecular weight is 526 g/mol. The zero-order valence-corrected chi connectivity index (χ0v) is 22.2. The highest BCUT2D eigenvalue weighted by molar-refractivity contribution is 6.09. The van der Waals surface area contributed by atoms with Gasteiger partial charge in [0.2, 0.25) is 5.91 Å². The first-order chi connectivity index (χ1) is 19.6. The Bertz CT molecular complexity index is 1590. The lowest BCUT2D eigenvalue weighted by molar-refractivity contribution is -0.127. The van der Waals surface area contributed by atoms with E-state index in [0.717, 1.165) is 46.1 Å². The van der Waals surface area contributed by atoms with Gasteiger partial charge in [-0.15, -0.1) is 0 Å². The quantitative estimate of drug-likeness (QED) is 0.244. The summed E-state index contributed by atoms with van der Waals surface area (Å²) in [5, 5.41) is 7.27. The van der Waals surface area contributed by atoms with Crippen molar-refractivity contribution in [1.82, 2.24) is 15.6 Å². The Morgan fingerprint density at radius 3 is 1.88 bits per heavy atom. The van der Waals surface area contributed by atoms with Crippen LogP contribution in [0, 0.1) is 0 Å². The Morgan fingerprint density at radius 1 is 0.700 bits per heavy atom. The second kappa shape index (κ2) is 11.1. The molecule has 0 atom stereocenters. The predicted molar refractivity (Wildman–Crippen MR) is 159 cm³/mol. The van der Waals surface area contributed by atoms with Crippen LogP contribution in [0.2, 0.25) is 0 Å². The van der Waals surface area contributed by atoms with E-state index in [0.29, 0.717) is 18.4 Å². The van der Waals surface area contributed by atoms with E-state index in [4.69, 9.17) is 4.98 Å². The number of nitrogens with one attached hydrogen (secondary N) is 2. The molecule has 0 bridgehead atoms. The van der Waals surface area contributed by atoms with Crippen molar-refractivity contribution in [2.24, 2.45) is 0 Å². The molecule has 6 rings (SSSR count). The minimum atomic E-state index is -0.990. The molecule has 0 aliphatic heterocycles. The zero-order chi connectivity index (χ0) is 27.4. The van der Waals surface area contributed by atoms with E-state index in [1.807, 2.05) is 121 Å². The predicted octanol–water partition coefficient (Wildman–Crippen LogP) is 6.85. The third-order valence-electron chi connectivity index (χ3n) is 7.82. The number of aromatic nitrogens is 1. The molecule has 0 radical (unpaired) electrons. The molecule has 1 aromatic heterocycles. The molecule has 0 spiro atoms. The highest BCUT2D eigenvalue weighted by Crippen LogP contribution is 2.33. The number of hydrogen-bond acceptors (Lipinski definition) is 3. The lowest BCUT2D eigenvalue weighted by Gasteiger charge is -2.32. The maximum absolute atomic E-state index is 14.1. The molecule has 1 saturated carbocycles. The van der Waals surface area contributed by atoms with Gasteiger partial charge in [-0.1, -0.05) is 122 Å². The molecule has 1 heterocycles. The minimum absolute atomic E-state index is 0.155. The molecule has 1 aliphatic carbocycles. The number of fused-ring (bicyclic) bond motifs is 1. The normalized spacial score (nSPS) is 14.2. The van der Waals surface area contributed by atoms with Crippen molar-refractivity contribution in [2.75, 3.05) is 0 Å². The van der Waals surface area contributed by atoms with Crippen LogP contribution in [0.15, 0.2) is 121 Å². The molecular formula is C35H31N3O2. The maximum Gasteiger partial charge on any atom is 0.252 e. The van der Waals surface area contributed by atoms with E-state index >= 15 is 0 Å². The summed E-state index contributed by atoms with van der Waals surface area (Å²) in [5.41, 5.74) is 3.92. The van der Waals surface area contributed by atoms with Gasteiger partial charge in [0, 0.05) is 10.9 Å². The van der Waals surface area contributed by atoms with Crippen LogP contribution in [0.5, 0.6) is 0 Å². The lowest BCUT2D eigenvalue weighted by Crippen LogP contribution is -2.57. The first kappa shape index (κ1) is 25.5. The number of para-hydroxylation sites is 1. The highest BCUT2D eigenvalue weighted by atomic mass is 16.2. The molecule has 5 nitrogen and oxygen atoms in total. The van der Waals surface area contributed by atoms with E-state index in [-0.39, 0.29) is 17.9 Å². The van der Waals surface area contributed by atoms with Crippen LogP contribution < -0.4 is 10.6 Å². The summed E-state index contributed by atoms with van der Waals surface area (Å²) in [7, 11) is 0. The molecule has 5 heteroatoms. The summed E-state index contributed by atoms with van der Waals surface area (Å²) >= 11 is 0. The fraction of sp³-hybridized carbons (Fsp3) is 0.171. The van der Waals surface area contributed by atoms with Crippen molar-refractivity contribution in [3.8, 4) is 11.3 Å². The van der Waals surface area contributed by atoms with Gasteiger partial charge < -0.3 is 10.6 Å². The Labute approximate surface area is 234 Å². The van der Waals surface area contributed by atoms with Crippen molar-refractivity contribution in [2.45, 2.75) is 37.3 Å². The molecule has 0 unspecified atom stereocenters. The van der Waals surface area contributed by atoms with Gasteiger partial charge in [-0.3, -0.25) is 9.59 Å². The lowest BCUT2D eigenvalue weighted by atomic mass is 9.92. The Balaban J connectivity index is 1.34. The van der Waals surface area contributed by atoms with Crippen molar-refractivity contribution >= 4 is 22.7 Å². The SMILES string of the molecule is O=C(NC1(C(=O)NC(c2ccccc2)c2ccccc2)CCCC1)c1cc(-c2ccccc2)nc2ccccc12. The van der Waals surface area contributed by atoms with Gasteiger partial charge in [0.15, 0.2) is 0 Å². The van der Waals surface area contributed by atoms with Crippen LogP contribution in [0.3, 0.4) is 0 Å². The summed E-state index contributed by atoms with van der Waals surface area (Å²) < 4.78 is 0. The Hall–Kier alpha value is -4.77. The van der Waals surface area contributed by atoms with Crippen molar-refractivity contribution in [3.05, 3.63) is 138 Å². The van der Waals surface area contributed by atoms with Crippen LogP contribution in [0.4, 0.5) is 0 Å². The van der Waals surface area contributed by atoms with Crippen LogP contribution in [0.1, 0.15) is 53.2 Å². The fourth-order valence-electron chi connectivity index (χ4n) is 5.71. The third kappa shape index (κ3) is 5.10. The van der Waals surface area contributed by atoms with E-state index in [1.165, 1.54) is 0 Å². The molecule has 198 valence electrons. The van der Waals surface area contributed by atoms with Gasteiger partial charge in [-0.25, -0.2) is 4.98 Å². The second-order valence-corrected chi connectivity index (χ2v) is 10.4. The van der Waals surface area contributed by atoms with Crippen LogP contribution in [-0.4, -0.2) is 22.3 Å². The molecule has 2 N–H and O–H groups in total. The van der Waals surface area contributed by atoms with Gasteiger partial charge in [0.05, 0.1) is 22.8 Å². The number of rotatable bonds is 7.